The molecule has 0 spiro atoms. The van der Waals surface area contributed by atoms with Crippen LogP contribution in [-0.4, -0.2) is 43.4 Å². The number of rotatable bonds is 6. The molecule has 0 aromatic carbocycles. The summed E-state index contributed by atoms with van der Waals surface area (Å²) in [7, 11) is 3.55. The van der Waals surface area contributed by atoms with Crippen LogP contribution in [0, 0.1) is 11.3 Å². The third-order valence-corrected chi connectivity index (χ3v) is 4.58. The predicted octanol–water partition coefficient (Wildman–Crippen LogP) is 1.12. The van der Waals surface area contributed by atoms with Gasteiger partial charge >= 0.3 is 0 Å². The number of hydrogen-bond acceptors (Lipinski definition) is 3. The lowest BCUT2D eigenvalue weighted by atomic mass is 9.84. The van der Waals surface area contributed by atoms with Gasteiger partial charge in [0.15, 0.2) is 0 Å². The Bertz CT molecular complexity index is 349. The fourth-order valence-corrected chi connectivity index (χ4v) is 2.88. The predicted molar refractivity (Wildman–Crippen MR) is 80.0 cm³/mol. The van der Waals surface area contributed by atoms with E-state index in [-0.39, 0.29) is 17.7 Å². The Morgan fingerprint density at radius 2 is 1.85 bits per heavy atom. The van der Waals surface area contributed by atoms with Crippen molar-refractivity contribution in [2.45, 2.75) is 52.0 Å². The van der Waals surface area contributed by atoms with Crippen molar-refractivity contribution >= 4 is 11.8 Å². The molecule has 0 aromatic rings. The summed E-state index contributed by atoms with van der Waals surface area (Å²) in [6.45, 7) is 4.40. The zero-order chi connectivity index (χ0) is 15.3. The summed E-state index contributed by atoms with van der Waals surface area (Å²) >= 11 is 0. The van der Waals surface area contributed by atoms with Gasteiger partial charge < -0.3 is 16.0 Å². The lowest BCUT2D eigenvalue weighted by Crippen LogP contribution is -2.51. The Morgan fingerprint density at radius 1 is 1.30 bits per heavy atom. The topological polar surface area (TPSA) is 75.4 Å². The van der Waals surface area contributed by atoms with Gasteiger partial charge in [0.25, 0.3) is 0 Å². The van der Waals surface area contributed by atoms with Crippen LogP contribution < -0.4 is 11.1 Å². The summed E-state index contributed by atoms with van der Waals surface area (Å²) in [6, 6.07) is -0.493. The second kappa shape index (κ2) is 7.07. The van der Waals surface area contributed by atoms with Crippen molar-refractivity contribution in [3.63, 3.8) is 0 Å². The van der Waals surface area contributed by atoms with E-state index in [1.54, 1.807) is 19.0 Å². The highest BCUT2D eigenvalue weighted by molar-refractivity contribution is 5.85. The first-order valence-electron chi connectivity index (χ1n) is 7.59. The SMILES string of the molecule is CCC(C)C(N)C(=O)NCC1(C(=O)N(C)C)CCCC1. The summed E-state index contributed by atoms with van der Waals surface area (Å²) in [5.74, 6) is 0.128. The molecule has 1 saturated carbocycles. The number of hydrogen-bond donors (Lipinski definition) is 2. The molecular weight excluding hydrogens is 254 g/mol. The quantitative estimate of drug-likeness (QED) is 0.767. The standard InChI is InChI=1S/C15H29N3O2/c1-5-11(2)12(16)13(19)17-10-15(8-6-7-9-15)14(20)18(3)4/h11-12H,5-10,16H2,1-4H3,(H,17,19). The molecule has 116 valence electrons. The van der Waals surface area contributed by atoms with Crippen LogP contribution in [0.5, 0.6) is 0 Å². The van der Waals surface area contributed by atoms with Crippen LogP contribution in [0.25, 0.3) is 0 Å². The van der Waals surface area contributed by atoms with Crippen LogP contribution >= 0.6 is 0 Å². The van der Waals surface area contributed by atoms with Crippen molar-refractivity contribution in [1.29, 1.82) is 0 Å². The molecule has 0 saturated heterocycles. The molecule has 3 N–H and O–H groups in total. The minimum atomic E-state index is -0.493. The summed E-state index contributed by atoms with van der Waals surface area (Å²) in [5.41, 5.74) is 5.51. The Labute approximate surface area is 122 Å². The van der Waals surface area contributed by atoms with E-state index in [1.165, 1.54) is 0 Å². The van der Waals surface area contributed by atoms with Crippen LogP contribution in [-0.2, 0) is 9.59 Å². The van der Waals surface area contributed by atoms with E-state index in [9.17, 15) is 9.59 Å². The number of nitrogens with one attached hydrogen (secondary N) is 1. The van der Waals surface area contributed by atoms with Crippen molar-refractivity contribution in [2.75, 3.05) is 20.6 Å². The van der Waals surface area contributed by atoms with E-state index in [4.69, 9.17) is 5.73 Å². The Balaban J connectivity index is 2.65. The third kappa shape index (κ3) is 3.72. The highest BCUT2D eigenvalue weighted by Gasteiger charge is 2.42. The van der Waals surface area contributed by atoms with Gasteiger partial charge in [-0.15, -0.1) is 0 Å². The molecule has 1 aliphatic rings. The van der Waals surface area contributed by atoms with Gasteiger partial charge in [0.1, 0.15) is 0 Å². The highest BCUT2D eigenvalue weighted by Crippen LogP contribution is 2.38. The molecule has 1 aliphatic carbocycles. The molecule has 0 aliphatic heterocycles. The third-order valence-electron chi connectivity index (χ3n) is 4.58. The number of nitrogens with two attached hydrogens (primary N) is 1. The van der Waals surface area contributed by atoms with Crippen molar-refractivity contribution in [3.05, 3.63) is 0 Å². The Morgan fingerprint density at radius 3 is 2.30 bits per heavy atom. The number of amides is 2. The van der Waals surface area contributed by atoms with Crippen LogP contribution in [0.4, 0.5) is 0 Å². The van der Waals surface area contributed by atoms with Crippen LogP contribution in [0.15, 0.2) is 0 Å². The first-order valence-corrected chi connectivity index (χ1v) is 7.59. The normalized spacial score (nSPS) is 20.2. The average Bonchev–Trinajstić information content (AvgIpc) is 2.91. The maximum atomic E-state index is 12.4. The highest BCUT2D eigenvalue weighted by atomic mass is 16.2. The Hall–Kier alpha value is -1.10. The first kappa shape index (κ1) is 17.0. The molecule has 5 nitrogen and oxygen atoms in total. The van der Waals surface area contributed by atoms with E-state index in [0.29, 0.717) is 6.54 Å². The smallest absolute Gasteiger partial charge is 0.237 e. The molecule has 2 unspecified atom stereocenters. The van der Waals surface area contributed by atoms with Gasteiger partial charge in [-0.3, -0.25) is 9.59 Å². The van der Waals surface area contributed by atoms with Crippen molar-refractivity contribution < 1.29 is 9.59 Å². The van der Waals surface area contributed by atoms with E-state index >= 15 is 0 Å². The fourth-order valence-electron chi connectivity index (χ4n) is 2.88. The summed E-state index contributed by atoms with van der Waals surface area (Å²) in [4.78, 5) is 26.1. The van der Waals surface area contributed by atoms with Crippen molar-refractivity contribution in [1.82, 2.24) is 10.2 Å². The van der Waals surface area contributed by atoms with Gasteiger partial charge in [0.05, 0.1) is 11.5 Å². The molecule has 0 bridgehead atoms. The lowest BCUT2D eigenvalue weighted by molar-refractivity contribution is -0.139. The second-order valence-corrected chi connectivity index (χ2v) is 6.32. The van der Waals surface area contributed by atoms with Gasteiger partial charge in [0.2, 0.25) is 11.8 Å². The summed E-state index contributed by atoms with van der Waals surface area (Å²) < 4.78 is 0. The number of carbonyl (C=O) groups excluding carboxylic acids is 2. The maximum absolute atomic E-state index is 12.4. The van der Waals surface area contributed by atoms with Gasteiger partial charge in [-0.2, -0.15) is 0 Å². The zero-order valence-electron chi connectivity index (χ0n) is 13.2. The molecule has 0 heterocycles. The van der Waals surface area contributed by atoms with E-state index in [2.05, 4.69) is 5.32 Å². The molecule has 2 atom stereocenters. The van der Waals surface area contributed by atoms with Crippen LogP contribution in [0.1, 0.15) is 46.0 Å². The molecule has 5 heteroatoms. The minimum absolute atomic E-state index is 0.118. The van der Waals surface area contributed by atoms with Gasteiger partial charge in [-0.25, -0.2) is 0 Å². The summed E-state index contributed by atoms with van der Waals surface area (Å²) in [5, 5.41) is 2.90. The van der Waals surface area contributed by atoms with Crippen LogP contribution in [0.2, 0.25) is 0 Å². The molecular formula is C15H29N3O2. The van der Waals surface area contributed by atoms with Gasteiger partial charge in [-0.05, 0) is 18.8 Å². The minimum Gasteiger partial charge on any atom is -0.354 e. The monoisotopic (exact) mass is 283 g/mol. The Kier molecular flexibility index (Phi) is 5.99. The number of nitrogens with zero attached hydrogens (tertiary/aromatic N) is 1. The molecule has 1 rings (SSSR count). The zero-order valence-corrected chi connectivity index (χ0v) is 13.2. The fraction of sp³-hybridized carbons (Fsp3) is 0.867. The van der Waals surface area contributed by atoms with Gasteiger partial charge in [-0.1, -0.05) is 33.1 Å². The van der Waals surface area contributed by atoms with E-state index in [0.717, 1.165) is 32.1 Å². The maximum Gasteiger partial charge on any atom is 0.237 e. The van der Waals surface area contributed by atoms with Gasteiger partial charge in [0, 0.05) is 20.6 Å². The second-order valence-electron chi connectivity index (χ2n) is 6.32. The number of carbonyl (C=O) groups is 2. The van der Waals surface area contributed by atoms with E-state index in [1.807, 2.05) is 13.8 Å². The molecule has 1 fully saturated rings. The first-order chi connectivity index (χ1) is 9.34. The van der Waals surface area contributed by atoms with Crippen molar-refractivity contribution in [2.24, 2.45) is 17.1 Å². The largest absolute Gasteiger partial charge is 0.354 e. The molecule has 2 amide bonds. The lowest BCUT2D eigenvalue weighted by Gasteiger charge is -2.31. The average molecular weight is 283 g/mol. The van der Waals surface area contributed by atoms with Crippen LogP contribution in [0.3, 0.4) is 0 Å². The molecule has 0 aromatic heterocycles. The molecule has 20 heavy (non-hydrogen) atoms. The van der Waals surface area contributed by atoms with E-state index < -0.39 is 11.5 Å². The molecule has 0 radical (unpaired) electrons. The summed E-state index contributed by atoms with van der Waals surface area (Å²) in [6.07, 6.45) is 4.67. The van der Waals surface area contributed by atoms with Crippen molar-refractivity contribution in [3.8, 4) is 0 Å².